The monoisotopic (exact) mass is 427 g/mol. The third kappa shape index (κ3) is 6.11. The van der Waals surface area contributed by atoms with Gasteiger partial charge in [-0.05, 0) is 39.5 Å². The van der Waals surface area contributed by atoms with Gasteiger partial charge in [0, 0.05) is 10.4 Å². The Bertz CT molecular complexity index is 567. The van der Waals surface area contributed by atoms with Crippen LogP contribution in [0.2, 0.25) is 0 Å². The minimum absolute atomic E-state index is 0.0926. The smallest absolute Gasteiger partial charge is 0.209 e. The largest absolute Gasteiger partial charge is 0.492 e. The van der Waals surface area contributed by atoms with E-state index in [1.54, 1.807) is 0 Å². The van der Waals surface area contributed by atoms with Gasteiger partial charge in [-0.15, -0.1) is 0 Å². The van der Waals surface area contributed by atoms with Gasteiger partial charge in [0.15, 0.2) is 0 Å². The molecule has 0 aliphatic heterocycles. The van der Waals surface area contributed by atoms with Crippen molar-refractivity contribution >= 4 is 41.9 Å². The molecule has 1 atom stereocenters. The normalized spacial score (nSPS) is 14.1. The maximum atomic E-state index is 11.3. The van der Waals surface area contributed by atoms with Gasteiger partial charge in [-0.3, -0.25) is 0 Å². The molecule has 4 nitrogen and oxygen atoms in total. The van der Waals surface area contributed by atoms with E-state index in [0.717, 1.165) is 8.95 Å². The van der Waals surface area contributed by atoms with Gasteiger partial charge in [0.25, 0.3) is 0 Å². The predicted octanol–water partition coefficient (Wildman–Crippen LogP) is 3.54. The highest BCUT2D eigenvalue weighted by Crippen LogP contribution is 2.31. The highest BCUT2D eigenvalue weighted by atomic mass is 79.9. The zero-order valence-corrected chi connectivity index (χ0v) is 15.7. The second-order valence-electron chi connectivity index (χ2n) is 5.78. The molecule has 0 amide bonds. The quantitative estimate of drug-likeness (QED) is 0.779. The zero-order valence-electron chi connectivity index (χ0n) is 11.7. The van der Waals surface area contributed by atoms with E-state index in [4.69, 9.17) is 9.88 Å². The Labute approximate surface area is 137 Å². The lowest BCUT2D eigenvalue weighted by atomic mass is 9.82. The topological polar surface area (TPSA) is 69.4 Å². The molecule has 1 aromatic carbocycles. The molecule has 1 aromatic rings. The Kier molecular flexibility index (Phi) is 6.07. The van der Waals surface area contributed by atoms with Gasteiger partial charge in [0.2, 0.25) is 10.0 Å². The van der Waals surface area contributed by atoms with Crippen LogP contribution in [0.15, 0.2) is 27.1 Å². The fourth-order valence-electron chi connectivity index (χ4n) is 1.61. The van der Waals surface area contributed by atoms with Crippen LogP contribution in [0.25, 0.3) is 0 Å². The van der Waals surface area contributed by atoms with E-state index in [2.05, 4.69) is 31.9 Å². The van der Waals surface area contributed by atoms with E-state index >= 15 is 0 Å². The van der Waals surface area contributed by atoms with Gasteiger partial charge in [-0.25, -0.2) is 13.6 Å². The summed E-state index contributed by atoms with van der Waals surface area (Å²) in [6.45, 7) is 6.22. The third-order valence-electron chi connectivity index (χ3n) is 2.99. The number of benzene rings is 1. The summed E-state index contributed by atoms with van der Waals surface area (Å²) in [4.78, 5) is 0. The molecule has 2 N–H and O–H groups in total. The van der Waals surface area contributed by atoms with E-state index in [1.165, 1.54) is 0 Å². The molecular formula is C13H19Br2NO3S. The number of sulfonamides is 1. The van der Waals surface area contributed by atoms with Crippen LogP contribution in [-0.4, -0.2) is 20.8 Å². The Hall–Kier alpha value is -0.110. The van der Waals surface area contributed by atoms with Crippen molar-refractivity contribution in [1.29, 1.82) is 0 Å². The molecule has 0 fully saturated rings. The highest BCUT2D eigenvalue weighted by Gasteiger charge is 2.29. The van der Waals surface area contributed by atoms with Crippen LogP contribution in [0.4, 0.5) is 0 Å². The Morgan fingerprint density at radius 2 is 1.90 bits per heavy atom. The molecule has 0 saturated carbocycles. The number of nitrogens with two attached hydrogens (primary N) is 1. The maximum Gasteiger partial charge on any atom is 0.209 e. The molecule has 7 heteroatoms. The van der Waals surface area contributed by atoms with Gasteiger partial charge in [0.05, 0.1) is 16.8 Å². The lowest BCUT2D eigenvalue weighted by Crippen LogP contribution is -2.35. The van der Waals surface area contributed by atoms with E-state index in [0.29, 0.717) is 12.4 Å². The summed E-state index contributed by atoms with van der Waals surface area (Å²) in [5.41, 5.74) is -0.214. The predicted molar refractivity (Wildman–Crippen MR) is 88.3 cm³/mol. The van der Waals surface area contributed by atoms with Gasteiger partial charge < -0.3 is 4.74 Å². The van der Waals surface area contributed by atoms with Crippen LogP contribution in [0, 0.1) is 11.3 Å². The number of halogens is 2. The molecule has 20 heavy (non-hydrogen) atoms. The molecule has 0 saturated heterocycles. The first-order valence-electron chi connectivity index (χ1n) is 6.07. The maximum absolute atomic E-state index is 11.3. The van der Waals surface area contributed by atoms with Crippen molar-refractivity contribution in [3.8, 4) is 5.75 Å². The van der Waals surface area contributed by atoms with Crippen LogP contribution in [-0.2, 0) is 10.0 Å². The summed E-state index contributed by atoms with van der Waals surface area (Å²) in [5, 5.41) is 5.15. The average Bonchev–Trinajstić information content (AvgIpc) is 2.23. The fourth-order valence-corrected chi connectivity index (χ4v) is 3.93. The average molecular weight is 429 g/mol. The molecular weight excluding hydrogens is 410 g/mol. The number of ether oxygens (including phenoxy) is 1. The zero-order chi connectivity index (χ0) is 15.6. The van der Waals surface area contributed by atoms with Gasteiger partial charge in [-0.2, -0.15) is 0 Å². The molecule has 0 radical (unpaired) electrons. The van der Waals surface area contributed by atoms with E-state index in [9.17, 15) is 8.42 Å². The molecule has 0 heterocycles. The summed E-state index contributed by atoms with van der Waals surface area (Å²) in [6, 6.07) is 5.57. The van der Waals surface area contributed by atoms with Crippen LogP contribution in [0.3, 0.4) is 0 Å². The molecule has 0 aliphatic rings. The van der Waals surface area contributed by atoms with E-state index in [1.807, 2.05) is 39.0 Å². The minimum Gasteiger partial charge on any atom is -0.492 e. The SMILES string of the molecule is CC(C)(C)C(COc1ccc(Br)cc1Br)CS(N)(=O)=O. The molecule has 0 spiro atoms. The van der Waals surface area contributed by atoms with E-state index < -0.39 is 10.0 Å². The first kappa shape index (κ1) is 17.9. The molecule has 0 aromatic heterocycles. The second kappa shape index (κ2) is 6.77. The van der Waals surface area contributed by atoms with Crippen LogP contribution < -0.4 is 9.88 Å². The lowest BCUT2D eigenvalue weighted by Gasteiger charge is -2.30. The van der Waals surface area contributed by atoms with Gasteiger partial charge in [-0.1, -0.05) is 36.7 Å². The minimum atomic E-state index is -3.53. The highest BCUT2D eigenvalue weighted by molar-refractivity contribution is 9.11. The lowest BCUT2D eigenvalue weighted by molar-refractivity contribution is 0.162. The van der Waals surface area contributed by atoms with Crippen molar-refractivity contribution in [2.24, 2.45) is 16.5 Å². The van der Waals surface area contributed by atoms with Crippen molar-refractivity contribution < 1.29 is 13.2 Å². The summed E-state index contributed by atoms with van der Waals surface area (Å²) < 4.78 is 30.1. The standard InChI is InChI=1S/C13H19Br2NO3S/c1-13(2,3)9(8-20(16,17)18)7-19-12-5-4-10(14)6-11(12)15/h4-6,9H,7-8H2,1-3H3,(H2,16,17,18). The van der Waals surface area contributed by atoms with Gasteiger partial charge >= 0.3 is 0 Å². The third-order valence-corrected chi connectivity index (χ3v) is 4.97. The van der Waals surface area contributed by atoms with Gasteiger partial charge in [0.1, 0.15) is 5.75 Å². The van der Waals surface area contributed by atoms with Crippen LogP contribution in [0.1, 0.15) is 20.8 Å². The van der Waals surface area contributed by atoms with Crippen molar-refractivity contribution in [2.75, 3.05) is 12.4 Å². The number of rotatable bonds is 5. The summed E-state index contributed by atoms with van der Waals surface area (Å²) >= 11 is 6.78. The first-order valence-corrected chi connectivity index (χ1v) is 9.37. The fraction of sp³-hybridized carbons (Fsp3) is 0.538. The van der Waals surface area contributed by atoms with Crippen molar-refractivity contribution in [2.45, 2.75) is 20.8 Å². The van der Waals surface area contributed by atoms with Crippen LogP contribution in [0.5, 0.6) is 5.75 Å². The molecule has 0 bridgehead atoms. The van der Waals surface area contributed by atoms with E-state index in [-0.39, 0.29) is 17.1 Å². The summed E-state index contributed by atoms with van der Waals surface area (Å²) in [5.74, 6) is 0.398. The Balaban J connectivity index is 2.81. The molecule has 1 rings (SSSR count). The number of hydrogen-bond donors (Lipinski definition) is 1. The Morgan fingerprint density at radius 1 is 1.30 bits per heavy atom. The summed E-state index contributed by atoms with van der Waals surface area (Å²) in [6.07, 6.45) is 0. The van der Waals surface area contributed by atoms with Crippen molar-refractivity contribution in [3.63, 3.8) is 0 Å². The van der Waals surface area contributed by atoms with Crippen molar-refractivity contribution in [3.05, 3.63) is 27.1 Å². The summed E-state index contributed by atoms with van der Waals surface area (Å²) in [7, 11) is -3.53. The van der Waals surface area contributed by atoms with Crippen LogP contribution >= 0.6 is 31.9 Å². The number of hydrogen-bond acceptors (Lipinski definition) is 3. The Morgan fingerprint density at radius 3 is 2.35 bits per heavy atom. The molecule has 114 valence electrons. The molecule has 1 unspecified atom stereocenters. The first-order chi connectivity index (χ1) is 8.99. The van der Waals surface area contributed by atoms with Crippen molar-refractivity contribution in [1.82, 2.24) is 0 Å². The second-order valence-corrected chi connectivity index (χ2v) is 9.21. The molecule has 0 aliphatic carbocycles. The number of primary sulfonamides is 1.